The minimum absolute atomic E-state index is 0.279. The topological polar surface area (TPSA) is 59.8 Å². The average Bonchev–Trinajstić information content (AvgIpc) is 2.90. The molecule has 116 valence electrons. The predicted molar refractivity (Wildman–Crippen MR) is 87.6 cm³/mol. The van der Waals surface area contributed by atoms with Crippen LogP contribution < -0.4 is 5.32 Å². The van der Waals surface area contributed by atoms with E-state index in [0.717, 1.165) is 5.56 Å². The lowest BCUT2D eigenvalue weighted by molar-refractivity contribution is 0.102. The Bertz CT molecular complexity index is 818. The van der Waals surface area contributed by atoms with Crippen LogP contribution in [-0.4, -0.2) is 20.7 Å². The molecular formula is C16H12BrFN4O. The van der Waals surface area contributed by atoms with Crippen molar-refractivity contribution in [1.82, 2.24) is 14.8 Å². The molecule has 0 aliphatic heterocycles. The maximum Gasteiger partial charge on any atom is 0.275 e. The number of benzene rings is 1. The monoisotopic (exact) mass is 374 g/mol. The predicted octanol–water partition coefficient (Wildman–Crippen LogP) is 3.48. The largest absolute Gasteiger partial charge is 0.303 e. The van der Waals surface area contributed by atoms with E-state index < -0.39 is 0 Å². The number of carbonyl (C=O) groups excluding carboxylic acids is 1. The van der Waals surface area contributed by atoms with Gasteiger partial charge in [-0.3, -0.25) is 14.5 Å². The Morgan fingerprint density at radius 1 is 1.22 bits per heavy atom. The van der Waals surface area contributed by atoms with Gasteiger partial charge in [-0.05, 0) is 45.8 Å². The SMILES string of the molecule is O=C(Nc1nn(Cc2ccc(F)cc2)cc1Br)c1ccccn1. The first-order valence-corrected chi connectivity index (χ1v) is 7.61. The fraction of sp³-hybridized carbons (Fsp3) is 0.0625. The number of nitrogens with zero attached hydrogens (tertiary/aromatic N) is 3. The van der Waals surface area contributed by atoms with E-state index in [4.69, 9.17) is 0 Å². The molecular weight excluding hydrogens is 363 g/mol. The van der Waals surface area contributed by atoms with Crippen LogP contribution in [0.4, 0.5) is 10.2 Å². The van der Waals surface area contributed by atoms with Gasteiger partial charge in [-0.15, -0.1) is 0 Å². The molecule has 0 bridgehead atoms. The summed E-state index contributed by atoms with van der Waals surface area (Å²) >= 11 is 3.36. The van der Waals surface area contributed by atoms with E-state index in [1.54, 1.807) is 47.4 Å². The smallest absolute Gasteiger partial charge is 0.275 e. The van der Waals surface area contributed by atoms with Crippen LogP contribution in [0.5, 0.6) is 0 Å². The Morgan fingerprint density at radius 2 is 2.00 bits per heavy atom. The Labute approximate surface area is 140 Å². The van der Waals surface area contributed by atoms with Crippen molar-refractivity contribution in [3.8, 4) is 0 Å². The number of hydrogen-bond donors (Lipinski definition) is 1. The van der Waals surface area contributed by atoms with E-state index in [0.29, 0.717) is 22.5 Å². The molecule has 1 N–H and O–H groups in total. The van der Waals surface area contributed by atoms with Crippen LogP contribution >= 0.6 is 15.9 Å². The van der Waals surface area contributed by atoms with Crippen LogP contribution in [0.2, 0.25) is 0 Å². The van der Waals surface area contributed by atoms with Gasteiger partial charge in [-0.1, -0.05) is 18.2 Å². The molecule has 2 heterocycles. The summed E-state index contributed by atoms with van der Waals surface area (Å²) in [5, 5.41) is 7.01. The first kappa shape index (κ1) is 15.4. The van der Waals surface area contributed by atoms with Crippen LogP contribution in [-0.2, 0) is 6.54 Å². The van der Waals surface area contributed by atoms with Crippen molar-refractivity contribution in [2.45, 2.75) is 6.54 Å². The molecule has 23 heavy (non-hydrogen) atoms. The Kier molecular flexibility index (Phi) is 4.47. The molecule has 0 radical (unpaired) electrons. The lowest BCUT2D eigenvalue weighted by Gasteiger charge is -2.03. The van der Waals surface area contributed by atoms with Gasteiger partial charge in [-0.25, -0.2) is 4.39 Å². The van der Waals surface area contributed by atoms with Crippen LogP contribution in [0.15, 0.2) is 59.3 Å². The normalized spacial score (nSPS) is 10.5. The Balaban J connectivity index is 1.73. The summed E-state index contributed by atoms with van der Waals surface area (Å²) < 4.78 is 15.2. The molecule has 0 aliphatic rings. The van der Waals surface area contributed by atoms with E-state index >= 15 is 0 Å². The number of anilines is 1. The lowest BCUT2D eigenvalue weighted by atomic mass is 10.2. The minimum Gasteiger partial charge on any atom is -0.303 e. The highest BCUT2D eigenvalue weighted by molar-refractivity contribution is 9.10. The summed E-state index contributed by atoms with van der Waals surface area (Å²) in [5.74, 6) is -0.209. The molecule has 7 heteroatoms. The molecule has 3 rings (SSSR count). The zero-order valence-corrected chi connectivity index (χ0v) is 13.5. The number of aromatic nitrogens is 3. The highest BCUT2D eigenvalue weighted by Crippen LogP contribution is 2.21. The van der Waals surface area contributed by atoms with Gasteiger partial charge in [0.25, 0.3) is 5.91 Å². The number of hydrogen-bond acceptors (Lipinski definition) is 3. The summed E-state index contributed by atoms with van der Waals surface area (Å²) in [6.45, 7) is 0.471. The number of rotatable bonds is 4. The molecule has 2 aromatic heterocycles. The van der Waals surface area contributed by atoms with Crippen molar-refractivity contribution < 1.29 is 9.18 Å². The van der Waals surface area contributed by atoms with Crippen LogP contribution in [0.25, 0.3) is 0 Å². The van der Waals surface area contributed by atoms with Gasteiger partial charge < -0.3 is 5.32 Å². The molecule has 0 saturated carbocycles. The zero-order chi connectivity index (χ0) is 16.2. The molecule has 0 saturated heterocycles. The summed E-state index contributed by atoms with van der Waals surface area (Å²) in [4.78, 5) is 16.1. The Hall–Kier alpha value is -2.54. The molecule has 0 atom stereocenters. The third-order valence-corrected chi connectivity index (χ3v) is 3.68. The quantitative estimate of drug-likeness (QED) is 0.760. The minimum atomic E-state index is -0.335. The van der Waals surface area contributed by atoms with Crippen LogP contribution in [0, 0.1) is 5.82 Å². The van der Waals surface area contributed by atoms with Gasteiger partial charge in [0.2, 0.25) is 0 Å². The maximum absolute atomic E-state index is 12.9. The van der Waals surface area contributed by atoms with E-state index in [1.807, 2.05) is 0 Å². The molecule has 0 fully saturated rings. The van der Waals surface area contributed by atoms with Gasteiger partial charge in [-0.2, -0.15) is 5.10 Å². The molecule has 0 unspecified atom stereocenters. The second-order valence-electron chi connectivity index (χ2n) is 4.82. The van der Waals surface area contributed by atoms with Crippen LogP contribution in [0.1, 0.15) is 16.1 Å². The second kappa shape index (κ2) is 6.70. The number of pyridine rings is 1. The third-order valence-electron chi connectivity index (χ3n) is 3.10. The molecule has 0 aliphatic carbocycles. The van der Waals surface area contributed by atoms with Gasteiger partial charge in [0.15, 0.2) is 5.82 Å². The summed E-state index contributed by atoms with van der Waals surface area (Å²) in [6.07, 6.45) is 3.30. The number of nitrogens with one attached hydrogen (secondary N) is 1. The molecule has 1 amide bonds. The van der Waals surface area contributed by atoms with Crippen molar-refractivity contribution in [3.63, 3.8) is 0 Å². The first-order chi connectivity index (χ1) is 11.1. The van der Waals surface area contributed by atoms with E-state index in [1.165, 1.54) is 12.1 Å². The van der Waals surface area contributed by atoms with Gasteiger partial charge in [0, 0.05) is 12.4 Å². The second-order valence-corrected chi connectivity index (χ2v) is 5.67. The standard InChI is InChI=1S/C16H12BrFN4O/c17-13-10-22(9-11-4-6-12(18)7-5-11)21-15(13)20-16(23)14-3-1-2-8-19-14/h1-8,10H,9H2,(H,20,21,23). The van der Waals surface area contributed by atoms with Crippen molar-refractivity contribution in [2.24, 2.45) is 0 Å². The van der Waals surface area contributed by atoms with Crippen molar-refractivity contribution in [1.29, 1.82) is 0 Å². The highest BCUT2D eigenvalue weighted by Gasteiger charge is 2.12. The Morgan fingerprint density at radius 3 is 2.70 bits per heavy atom. The molecule has 1 aromatic carbocycles. The van der Waals surface area contributed by atoms with E-state index in [9.17, 15) is 9.18 Å². The fourth-order valence-electron chi connectivity index (χ4n) is 2.01. The zero-order valence-electron chi connectivity index (χ0n) is 11.9. The average molecular weight is 375 g/mol. The van der Waals surface area contributed by atoms with E-state index in [-0.39, 0.29) is 11.7 Å². The summed E-state index contributed by atoms with van der Waals surface area (Å²) in [6, 6.07) is 11.3. The van der Waals surface area contributed by atoms with Crippen molar-refractivity contribution in [2.75, 3.05) is 5.32 Å². The van der Waals surface area contributed by atoms with Gasteiger partial charge >= 0.3 is 0 Å². The van der Waals surface area contributed by atoms with Crippen molar-refractivity contribution in [3.05, 3.63) is 76.4 Å². The lowest BCUT2D eigenvalue weighted by Crippen LogP contribution is -2.14. The van der Waals surface area contributed by atoms with E-state index in [2.05, 4.69) is 31.3 Å². The van der Waals surface area contributed by atoms with Crippen molar-refractivity contribution >= 4 is 27.7 Å². The summed E-state index contributed by atoms with van der Waals surface area (Å²) in [7, 11) is 0. The third kappa shape index (κ3) is 3.81. The fourth-order valence-corrected chi connectivity index (χ4v) is 2.42. The van der Waals surface area contributed by atoms with Crippen LogP contribution in [0.3, 0.4) is 0 Å². The number of halogens is 2. The first-order valence-electron chi connectivity index (χ1n) is 6.81. The number of amides is 1. The summed E-state index contributed by atoms with van der Waals surface area (Å²) in [5.41, 5.74) is 1.22. The molecule has 3 aromatic rings. The molecule has 0 spiro atoms. The highest BCUT2D eigenvalue weighted by atomic mass is 79.9. The number of carbonyl (C=O) groups is 1. The maximum atomic E-state index is 12.9. The molecule has 5 nitrogen and oxygen atoms in total. The van der Waals surface area contributed by atoms with Gasteiger partial charge in [0.05, 0.1) is 11.0 Å². The van der Waals surface area contributed by atoms with Gasteiger partial charge in [0.1, 0.15) is 11.5 Å².